The van der Waals surface area contributed by atoms with Gasteiger partial charge in [0.15, 0.2) is 0 Å². The first kappa shape index (κ1) is 20.4. The van der Waals surface area contributed by atoms with E-state index < -0.39 is 0 Å². The van der Waals surface area contributed by atoms with E-state index >= 15 is 0 Å². The minimum Gasteiger partial charge on any atom is -0.497 e. The number of hydrogen-bond donors (Lipinski definition) is 0. The Morgan fingerprint density at radius 2 is 1.56 bits per heavy atom. The number of piperazine rings is 1. The first-order chi connectivity index (χ1) is 15.8. The van der Waals surface area contributed by atoms with Crippen LogP contribution in [-0.2, 0) is 13.1 Å². The molecule has 2 aromatic carbocycles. The fourth-order valence-electron chi connectivity index (χ4n) is 3.81. The van der Waals surface area contributed by atoms with E-state index in [1.165, 1.54) is 0 Å². The maximum absolute atomic E-state index is 5.70. The smallest absolute Gasteiger partial charge is 0.241 e. The van der Waals surface area contributed by atoms with E-state index in [9.17, 15) is 0 Å². The van der Waals surface area contributed by atoms with Gasteiger partial charge in [0.25, 0.3) is 0 Å². The number of methoxy groups -OCH3 is 1. The predicted octanol–water partition coefficient (Wildman–Crippen LogP) is 3.72. The molecule has 0 atom stereocenters. The Bertz CT molecular complexity index is 1150. The lowest BCUT2D eigenvalue weighted by Gasteiger charge is -2.33. The molecule has 8 nitrogen and oxygen atoms in total. The van der Waals surface area contributed by atoms with E-state index in [1.54, 1.807) is 13.4 Å². The van der Waals surface area contributed by atoms with Crippen LogP contribution in [0.5, 0.6) is 5.75 Å². The topological polar surface area (TPSA) is 80.7 Å². The molecule has 0 spiro atoms. The lowest BCUT2D eigenvalue weighted by atomic mass is 10.2. The van der Waals surface area contributed by atoms with Gasteiger partial charge in [-0.05, 0) is 12.1 Å². The number of benzene rings is 2. The number of nitrogens with zero attached hydrogens (tertiary/aromatic N) is 5. The summed E-state index contributed by atoms with van der Waals surface area (Å²) < 4.78 is 16.4. The monoisotopic (exact) mass is 431 g/mol. The van der Waals surface area contributed by atoms with E-state index in [0.29, 0.717) is 24.8 Å². The molecule has 164 valence electrons. The third-order valence-corrected chi connectivity index (χ3v) is 5.60. The van der Waals surface area contributed by atoms with Gasteiger partial charge >= 0.3 is 0 Å². The second kappa shape index (κ2) is 9.33. The molecule has 0 radical (unpaired) electrons. The largest absolute Gasteiger partial charge is 0.497 e. The van der Waals surface area contributed by atoms with E-state index in [-0.39, 0.29) is 0 Å². The van der Waals surface area contributed by atoms with Crippen LogP contribution >= 0.6 is 0 Å². The summed E-state index contributed by atoms with van der Waals surface area (Å²) in [6.45, 7) is 5.05. The number of aromatic nitrogens is 3. The molecule has 3 heterocycles. The van der Waals surface area contributed by atoms with Gasteiger partial charge in [-0.1, -0.05) is 47.6 Å². The second-order valence-electron chi connectivity index (χ2n) is 7.79. The van der Waals surface area contributed by atoms with Gasteiger partial charge < -0.3 is 13.7 Å². The summed E-state index contributed by atoms with van der Waals surface area (Å²) in [7, 11) is 1.64. The van der Waals surface area contributed by atoms with Crippen molar-refractivity contribution in [1.29, 1.82) is 0 Å². The average Bonchev–Trinajstić information content (AvgIpc) is 3.51. The Labute approximate surface area is 186 Å². The van der Waals surface area contributed by atoms with Crippen LogP contribution in [0.1, 0.15) is 11.8 Å². The van der Waals surface area contributed by atoms with E-state index in [4.69, 9.17) is 13.7 Å². The van der Waals surface area contributed by atoms with Gasteiger partial charge in [-0.2, -0.15) is 4.98 Å². The normalized spacial score (nSPS) is 15.2. The standard InChI is InChI=1S/C24H25N5O3/c1-30-20-9-5-8-19(14-20)24-26-23(32-27-24)16-29-12-10-28(11-13-29)15-22-25-21(17-31-22)18-6-3-2-4-7-18/h2-9,14,17H,10-13,15-16H2,1H3. The van der Waals surface area contributed by atoms with Crippen LogP contribution in [-0.4, -0.2) is 58.2 Å². The van der Waals surface area contributed by atoms with Crippen molar-refractivity contribution in [3.63, 3.8) is 0 Å². The van der Waals surface area contributed by atoms with Crippen molar-refractivity contribution in [3.8, 4) is 28.4 Å². The van der Waals surface area contributed by atoms with Gasteiger partial charge in [0.05, 0.1) is 20.2 Å². The van der Waals surface area contributed by atoms with Crippen molar-refractivity contribution >= 4 is 0 Å². The molecule has 32 heavy (non-hydrogen) atoms. The summed E-state index contributed by atoms with van der Waals surface area (Å²) >= 11 is 0. The molecule has 0 aliphatic carbocycles. The summed E-state index contributed by atoms with van der Waals surface area (Å²) in [5, 5.41) is 4.13. The molecule has 1 aliphatic rings. The highest BCUT2D eigenvalue weighted by molar-refractivity contribution is 5.57. The molecule has 0 unspecified atom stereocenters. The highest BCUT2D eigenvalue weighted by Crippen LogP contribution is 2.22. The van der Waals surface area contributed by atoms with E-state index in [1.807, 2.05) is 54.6 Å². The van der Waals surface area contributed by atoms with Crippen LogP contribution in [0.2, 0.25) is 0 Å². The molecule has 0 N–H and O–H groups in total. The lowest BCUT2D eigenvalue weighted by Crippen LogP contribution is -2.45. The van der Waals surface area contributed by atoms with Crippen LogP contribution in [0.15, 0.2) is 69.8 Å². The van der Waals surface area contributed by atoms with Crippen LogP contribution in [0.3, 0.4) is 0 Å². The third-order valence-electron chi connectivity index (χ3n) is 5.60. The molecule has 0 saturated carbocycles. The summed E-state index contributed by atoms with van der Waals surface area (Å²) in [4.78, 5) is 13.9. The second-order valence-corrected chi connectivity index (χ2v) is 7.79. The molecule has 1 aliphatic heterocycles. The summed E-state index contributed by atoms with van der Waals surface area (Å²) in [6, 6.07) is 17.7. The molecule has 2 aromatic heterocycles. The molecule has 0 amide bonds. The van der Waals surface area contributed by atoms with Crippen molar-refractivity contribution in [2.24, 2.45) is 0 Å². The quantitative estimate of drug-likeness (QED) is 0.438. The Hall–Kier alpha value is -3.49. The fourth-order valence-corrected chi connectivity index (χ4v) is 3.81. The van der Waals surface area contributed by atoms with Gasteiger partial charge in [-0.3, -0.25) is 9.80 Å². The Morgan fingerprint density at radius 1 is 0.844 bits per heavy atom. The molecule has 1 saturated heterocycles. The van der Waals surface area contributed by atoms with Gasteiger partial charge in [-0.15, -0.1) is 0 Å². The fraction of sp³-hybridized carbons (Fsp3) is 0.292. The molecular formula is C24H25N5O3. The number of rotatable bonds is 7. The predicted molar refractivity (Wildman–Crippen MR) is 119 cm³/mol. The van der Waals surface area contributed by atoms with Crippen molar-refractivity contribution in [2.45, 2.75) is 13.1 Å². The summed E-state index contributed by atoms with van der Waals surface area (Å²) in [5.41, 5.74) is 2.83. The minimum atomic E-state index is 0.579. The molecular weight excluding hydrogens is 406 g/mol. The highest BCUT2D eigenvalue weighted by Gasteiger charge is 2.21. The first-order valence-corrected chi connectivity index (χ1v) is 10.7. The minimum absolute atomic E-state index is 0.579. The van der Waals surface area contributed by atoms with Crippen molar-refractivity contribution in [2.75, 3.05) is 33.3 Å². The van der Waals surface area contributed by atoms with Crippen LogP contribution in [0.4, 0.5) is 0 Å². The van der Waals surface area contributed by atoms with Crippen LogP contribution in [0, 0.1) is 0 Å². The zero-order chi connectivity index (χ0) is 21.8. The van der Waals surface area contributed by atoms with Gasteiger partial charge in [0, 0.05) is 37.3 Å². The van der Waals surface area contributed by atoms with Crippen molar-refractivity contribution < 1.29 is 13.7 Å². The molecule has 1 fully saturated rings. The SMILES string of the molecule is COc1cccc(-c2noc(CN3CCN(Cc4nc(-c5ccccc5)co4)CC3)n2)c1. The maximum Gasteiger partial charge on any atom is 0.241 e. The summed E-state index contributed by atoms with van der Waals surface area (Å²) in [5.74, 6) is 2.72. The zero-order valence-corrected chi connectivity index (χ0v) is 18.0. The first-order valence-electron chi connectivity index (χ1n) is 10.7. The third kappa shape index (κ3) is 4.71. The molecule has 0 bridgehead atoms. The van der Waals surface area contributed by atoms with Crippen LogP contribution in [0.25, 0.3) is 22.6 Å². The number of ether oxygens (including phenoxy) is 1. The van der Waals surface area contributed by atoms with Crippen molar-refractivity contribution in [1.82, 2.24) is 24.9 Å². The Morgan fingerprint density at radius 3 is 2.31 bits per heavy atom. The van der Waals surface area contributed by atoms with E-state index in [2.05, 4.69) is 24.9 Å². The van der Waals surface area contributed by atoms with Crippen LogP contribution < -0.4 is 4.74 Å². The zero-order valence-electron chi connectivity index (χ0n) is 18.0. The highest BCUT2D eigenvalue weighted by atomic mass is 16.5. The van der Waals surface area contributed by atoms with Gasteiger partial charge in [-0.25, -0.2) is 4.98 Å². The summed E-state index contributed by atoms with van der Waals surface area (Å²) in [6.07, 6.45) is 1.73. The average molecular weight is 431 g/mol. The number of oxazole rings is 1. The lowest BCUT2D eigenvalue weighted by molar-refractivity contribution is 0.105. The molecule has 5 rings (SSSR count). The van der Waals surface area contributed by atoms with E-state index in [0.717, 1.165) is 54.6 Å². The molecule has 4 aromatic rings. The number of hydrogen-bond acceptors (Lipinski definition) is 8. The molecule has 8 heteroatoms. The van der Waals surface area contributed by atoms with Crippen molar-refractivity contribution in [3.05, 3.63) is 72.6 Å². The Balaban J connectivity index is 1.13. The maximum atomic E-state index is 5.70. The van der Waals surface area contributed by atoms with Gasteiger partial charge in [0.1, 0.15) is 17.7 Å². The van der Waals surface area contributed by atoms with Gasteiger partial charge in [0.2, 0.25) is 17.6 Å². The Kier molecular flexibility index (Phi) is 5.96.